The van der Waals surface area contributed by atoms with Crippen molar-refractivity contribution in [2.45, 2.75) is 129 Å². The van der Waals surface area contributed by atoms with Gasteiger partial charge in [0.15, 0.2) is 18.3 Å². The molecule has 3 aliphatic heterocycles. The summed E-state index contributed by atoms with van der Waals surface area (Å²) in [6.07, 6.45) is -4.10. The summed E-state index contributed by atoms with van der Waals surface area (Å²) >= 11 is 3.85. The lowest BCUT2D eigenvalue weighted by molar-refractivity contribution is 0.0261. The molecule has 0 unspecified atom stereocenters. The Kier molecular flexibility index (Phi) is 27.3. The van der Waals surface area contributed by atoms with Gasteiger partial charge in [-0.05, 0) is 210 Å². The van der Waals surface area contributed by atoms with E-state index in [0.29, 0.717) is 58.1 Å². The highest BCUT2D eigenvalue weighted by Crippen LogP contribution is 2.41. The average Bonchev–Trinajstić information content (AvgIpc) is 1.71. The number of benzene rings is 7. The maximum Gasteiger partial charge on any atom is 0.410 e. The van der Waals surface area contributed by atoms with Crippen molar-refractivity contribution in [2.75, 3.05) is 68.4 Å². The topological polar surface area (TPSA) is 393 Å². The number of carbonyl (C=O) groups is 2. The lowest BCUT2D eigenvalue weighted by atomic mass is 10.2. The molecule has 2 fully saturated rings. The van der Waals surface area contributed by atoms with E-state index in [1.807, 2.05) is 45.2 Å². The molecule has 4 N–H and O–H groups in total. The highest BCUT2D eigenvalue weighted by molar-refractivity contribution is 14.1. The number of hydrogen-bond donors (Lipinski definition) is 4. The first-order valence-corrected chi connectivity index (χ1v) is 42.3. The van der Waals surface area contributed by atoms with Gasteiger partial charge >= 0.3 is 12.2 Å². The Bertz CT molecular complexity index is 5100. The van der Waals surface area contributed by atoms with Crippen LogP contribution < -0.4 is 33.1 Å². The number of tetrazole rings is 1. The van der Waals surface area contributed by atoms with Gasteiger partial charge in [-0.1, -0.05) is 60.7 Å². The Labute approximate surface area is 672 Å². The third-order valence-corrected chi connectivity index (χ3v) is 26.3. The quantitative estimate of drug-likeness (QED) is 0.0349. The van der Waals surface area contributed by atoms with Crippen molar-refractivity contribution >= 4 is 103 Å². The summed E-state index contributed by atoms with van der Waals surface area (Å²) in [4.78, 5) is 29.9. The van der Waals surface area contributed by atoms with Gasteiger partial charge in [-0.25, -0.2) is 62.4 Å². The van der Waals surface area contributed by atoms with Crippen LogP contribution in [0, 0.1) is 7.14 Å². The number of amides is 2. The van der Waals surface area contributed by atoms with E-state index in [1.165, 1.54) is 75.8 Å². The Hall–Kier alpha value is -8.56. The fourth-order valence-corrected chi connectivity index (χ4v) is 21.0. The molecule has 4 atom stereocenters. The molecule has 0 bridgehead atoms. The molecule has 2 saturated heterocycles. The number of carbonyl (C=O) groups excluding carboxylic acids is 2. The van der Waals surface area contributed by atoms with Gasteiger partial charge in [0.1, 0.15) is 59.5 Å². The molecule has 7 aromatic carbocycles. The van der Waals surface area contributed by atoms with Gasteiger partial charge in [0.2, 0.25) is 40.1 Å². The fraction of sp³-hybridized carbons (Fsp3) is 0.370. The van der Waals surface area contributed by atoms with E-state index < -0.39 is 107 Å². The van der Waals surface area contributed by atoms with Crippen LogP contribution in [0.5, 0.6) is 28.7 Å². The maximum atomic E-state index is 15.6. The lowest BCUT2D eigenvalue weighted by Gasteiger charge is -2.26. The minimum Gasteiger partial charge on any atom is -0.497 e. The number of azo groups is 1. The molecule has 38 heteroatoms. The van der Waals surface area contributed by atoms with Crippen molar-refractivity contribution in [1.29, 1.82) is 0 Å². The molecule has 0 radical (unpaired) electrons. The number of aromatic nitrogens is 4. The predicted octanol–water partition coefficient (Wildman–Crippen LogP) is 8.80. The highest BCUT2D eigenvalue weighted by atomic mass is 127. The molecule has 4 heterocycles. The molecule has 8 aromatic rings. The number of likely N-dealkylation sites (tertiary alicyclic amines) is 2. The second kappa shape index (κ2) is 35.6. The molecule has 1 aromatic heterocycles. The first kappa shape index (κ1) is 84.9. The molecule has 0 saturated carbocycles. The second-order valence-corrected chi connectivity index (χ2v) is 37.1. The molecule has 32 nitrogen and oxygen atoms in total. The van der Waals surface area contributed by atoms with E-state index in [4.69, 9.17) is 33.2 Å². The molecule has 111 heavy (non-hydrogen) atoms. The third kappa shape index (κ3) is 21.0. The number of nitrogens with one attached hydrogen (secondary N) is 2. The number of methoxy groups -OCH3 is 5. The summed E-state index contributed by atoms with van der Waals surface area (Å²) in [5.41, 5.74) is 1.39. The van der Waals surface area contributed by atoms with Crippen LogP contribution in [-0.2, 0) is 82.3 Å². The molecule has 0 spiro atoms. The van der Waals surface area contributed by atoms with Crippen LogP contribution in [0.4, 0.5) is 9.59 Å². The van der Waals surface area contributed by atoms with E-state index in [2.05, 4.69) is 40.2 Å². The molecule has 11 rings (SSSR count). The average molecular weight is 1830 g/mol. The largest absolute Gasteiger partial charge is 0.497 e. The van der Waals surface area contributed by atoms with Crippen LogP contribution in [0.15, 0.2) is 180 Å². The molecule has 2 amide bonds. The third-order valence-electron chi connectivity index (χ3n) is 17.4. The van der Waals surface area contributed by atoms with Gasteiger partial charge in [-0.2, -0.15) is 13.7 Å². The molecular formula is C73H85I2N13O19S4. The zero-order chi connectivity index (χ0) is 80.5. The second-order valence-electron chi connectivity index (χ2n) is 27.7. The van der Waals surface area contributed by atoms with Gasteiger partial charge in [-0.15, -0.1) is 10.2 Å². The minimum absolute atomic E-state index is 0.0170. The normalized spacial score (nSPS) is 16.8. The van der Waals surface area contributed by atoms with E-state index in [1.54, 1.807) is 170 Å². The van der Waals surface area contributed by atoms with Crippen molar-refractivity contribution in [3.05, 3.63) is 186 Å². The lowest BCUT2D eigenvalue weighted by Crippen LogP contribution is -2.44. The van der Waals surface area contributed by atoms with Crippen LogP contribution in [0.25, 0.3) is 11.4 Å². The number of aliphatic hydroxyl groups excluding tert-OH is 2. The van der Waals surface area contributed by atoms with Gasteiger partial charge in [0.25, 0.3) is 0 Å². The van der Waals surface area contributed by atoms with Crippen LogP contribution >= 0.6 is 45.2 Å². The first-order valence-electron chi connectivity index (χ1n) is 34.3. The summed E-state index contributed by atoms with van der Waals surface area (Å²) in [5.74, 6) is 2.84. The molecule has 0 aliphatic carbocycles. The number of aliphatic imine (C=N–C) groups is 1. The van der Waals surface area contributed by atoms with Crippen LogP contribution in [-0.4, -0.2) is 204 Å². The number of rotatable bonds is 27. The number of aliphatic hydroxyl groups is 2. The number of β-amino-alcohol motifs (C(OH)–C–C–N with tert-alkyl or cyclic N) is 2. The van der Waals surface area contributed by atoms with Crippen LogP contribution in [0.2, 0.25) is 0 Å². The van der Waals surface area contributed by atoms with E-state index >= 15 is 16.8 Å². The Morgan fingerprint density at radius 1 is 0.486 bits per heavy atom. The van der Waals surface area contributed by atoms with Crippen LogP contribution in [0.1, 0.15) is 74.9 Å². The van der Waals surface area contributed by atoms with Gasteiger partial charge in [0, 0.05) is 46.4 Å². The number of ether oxygens (including phenoxy) is 7. The fourth-order valence-electron chi connectivity index (χ4n) is 11.9. The molecule has 594 valence electrons. The number of nitrogens with zero attached hydrogens (tertiary/aromatic N) is 11. The first-order chi connectivity index (χ1) is 52.4. The molecule has 3 aliphatic rings. The highest BCUT2D eigenvalue weighted by Gasteiger charge is 2.45. The van der Waals surface area contributed by atoms with Gasteiger partial charge < -0.3 is 53.2 Å². The van der Waals surface area contributed by atoms with Gasteiger partial charge in [-0.3, -0.25) is 0 Å². The van der Waals surface area contributed by atoms with Gasteiger partial charge in [0.05, 0.1) is 90.6 Å². The van der Waals surface area contributed by atoms with E-state index in [9.17, 15) is 36.6 Å². The summed E-state index contributed by atoms with van der Waals surface area (Å²) in [6.45, 7) is 8.65. The Morgan fingerprint density at radius 3 is 1.14 bits per heavy atom. The predicted molar refractivity (Wildman–Crippen MR) is 424 cm³/mol. The standard InChI is InChI=1S/C40H46IN7O10S2.C33H39IN6O9S2/c1-40(2,3)58-39(50)46-24-33(34(49)25-46)43-59(51,52)35-20-19-32(41)36(38-42-44-45-48(38)23-28-11-17-31(57-6)18-12-28)37(35)60(53,54)47(21-26-7-13-29(55-4)14-8-26)22-27-9-15-30(56-5)16-10-27;1-33(2,3)49-32(42)39-18-26(27(41)19-39)38-50(43,44)28-15-14-25(34)29(31-35-20-36-37-31)30(28)51(45,46)40(16-21-6-10-23(47-4)11-7-21)17-22-8-12-24(48-5)13-9-22/h7-20,33-34,43,49H,21-25H2,1-6H3;6-15,26-27,38,41H,16-20H2,1-5H3/t33-,34+;26-,27+/m11/s1. The van der Waals surface area contributed by atoms with Crippen molar-refractivity contribution in [1.82, 2.24) is 48.1 Å². The zero-order valence-corrected chi connectivity index (χ0v) is 70.0. The van der Waals surface area contributed by atoms with E-state index in [-0.39, 0.29) is 88.4 Å². The SMILES string of the molecule is COc1ccc(CN(Cc2ccc(OC)cc2)S(=O)(=O)c2c(S(=O)(=O)N[C@@H]3CN(C(=O)OC(C)(C)C)C[C@@H]3O)ccc(I)c2-c2nnnn2Cc2ccc(OC)cc2)cc1.COc1ccc(CN(Cc2ccc(OC)cc2)S(=O)(=O)c2c(S(=O)(=O)N[C@@H]3CN(C(=O)OC(C)(C)C)C[C@@H]3O)ccc(I)c2C2=NCN=N2)cc1. The molecular weight excluding hydrogens is 1740 g/mol. The smallest absolute Gasteiger partial charge is 0.410 e. The van der Waals surface area contributed by atoms with Crippen molar-refractivity contribution < 1.29 is 86.6 Å². The zero-order valence-electron chi connectivity index (χ0n) is 62.4. The number of hydrogen-bond acceptors (Lipinski definition) is 25. The van der Waals surface area contributed by atoms with Crippen LogP contribution in [0.3, 0.4) is 0 Å². The summed E-state index contributed by atoms with van der Waals surface area (Å²) in [6, 6.07) is 37.4. The number of amidine groups is 1. The van der Waals surface area contributed by atoms with Crippen molar-refractivity contribution in [3.8, 4) is 40.1 Å². The van der Waals surface area contributed by atoms with E-state index in [0.717, 1.165) is 5.56 Å². The monoisotopic (exact) mass is 1830 g/mol. The number of halogens is 2. The summed E-state index contributed by atoms with van der Waals surface area (Å²) < 4.78 is 166. The Balaban J connectivity index is 0.000000239. The summed E-state index contributed by atoms with van der Waals surface area (Å²) in [5, 5.41) is 42.2. The Morgan fingerprint density at radius 2 is 0.820 bits per heavy atom. The number of sulfonamides is 4. The minimum atomic E-state index is -4.84. The van der Waals surface area contributed by atoms with Crippen molar-refractivity contribution in [3.63, 3.8) is 0 Å². The summed E-state index contributed by atoms with van der Waals surface area (Å²) in [7, 11) is -11.4. The van der Waals surface area contributed by atoms with Crippen molar-refractivity contribution in [2.24, 2.45) is 15.2 Å². The maximum absolute atomic E-state index is 15.6.